The molecule has 0 aliphatic carbocycles. The van der Waals surface area contributed by atoms with E-state index in [1.165, 1.54) is 0 Å². The van der Waals surface area contributed by atoms with Crippen LogP contribution in [0.2, 0.25) is 0 Å². The lowest BCUT2D eigenvalue weighted by molar-refractivity contribution is 0.0504. The summed E-state index contributed by atoms with van der Waals surface area (Å²) in [7, 11) is 3.67. The zero-order chi connectivity index (χ0) is 7.49. The lowest BCUT2D eigenvalue weighted by atomic mass is 9.99. The van der Waals surface area contributed by atoms with Crippen LogP contribution in [0.1, 0.15) is 20.8 Å². The summed E-state index contributed by atoms with van der Waals surface area (Å²) in [4.78, 5) is 0. The molecule has 0 aromatic rings. The highest BCUT2D eigenvalue weighted by molar-refractivity contribution is 4.81. The summed E-state index contributed by atoms with van der Waals surface area (Å²) in [6.07, 6.45) is 0.252. The van der Waals surface area contributed by atoms with E-state index in [1.807, 2.05) is 7.05 Å². The van der Waals surface area contributed by atoms with Gasteiger partial charge in [0.25, 0.3) is 0 Å². The molecule has 0 aromatic carbocycles. The second-order valence-corrected chi connectivity index (χ2v) is 2.85. The third kappa shape index (κ3) is 2.33. The van der Waals surface area contributed by atoms with Crippen LogP contribution < -0.4 is 5.32 Å². The van der Waals surface area contributed by atoms with E-state index in [0.717, 1.165) is 0 Å². The van der Waals surface area contributed by atoms with Crippen LogP contribution in [0, 0.1) is 0 Å². The lowest BCUT2D eigenvalue weighted by Gasteiger charge is -2.29. The number of hydrogen-bond acceptors (Lipinski definition) is 2. The van der Waals surface area contributed by atoms with Gasteiger partial charge in [0.15, 0.2) is 0 Å². The van der Waals surface area contributed by atoms with Crippen LogP contribution in [0.5, 0.6) is 0 Å². The van der Waals surface area contributed by atoms with Crippen LogP contribution in [-0.4, -0.2) is 25.8 Å². The Kier molecular flexibility index (Phi) is 3.15. The highest BCUT2D eigenvalue weighted by atomic mass is 16.5. The van der Waals surface area contributed by atoms with Crippen molar-refractivity contribution in [3.8, 4) is 0 Å². The molecule has 0 spiro atoms. The molecule has 9 heavy (non-hydrogen) atoms. The van der Waals surface area contributed by atoms with Crippen LogP contribution >= 0.6 is 0 Å². The smallest absolute Gasteiger partial charge is 0.0719 e. The number of likely N-dealkylation sites (N-methyl/N-ethyl adjacent to an activating group) is 1. The maximum atomic E-state index is 5.14. The Hall–Kier alpha value is -0.0800. The van der Waals surface area contributed by atoms with Gasteiger partial charge in [-0.3, -0.25) is 0 Å². The number of nitrogens with one attached hydrogen (secondary N) is 1. The third-order valence-electron chi connectivity index (χ3n) is 2.01. The monoisotopic (exact) mass is 131 g/mol. The molecule has 1 atom stereocenters. The first-order valence-electron chi connectivity index (χ1n) is 3.26. The Morgan fingerprint density at radius 1 is 1.44 bits per heavy atom. The van der Waals surface area contributed by atoms with E-state index in [4.69, 9.17) is 4.74 Å². The molecule has 1 unspecified atom stereocenters. The predicted molar refractivity (Wildman–Crippen MR) is 39.6 cm³/mol. The van der Waals surface area contributed by atoms with Crippen molar-refractivity contribution in [1.82, 2.24) is 5.32 Å². The zero-order valence-corrected chi connectivity index (χ0v) is 6.99. The van der Waals surface area contributed by atoms with Gasteiger partial charge in [0.05, 0.1) is 6.10 Å². The van der Waals surface area contributed by atoms with Gasteiger partial charge in [0, 0.05) is 12.6 Å². The molecule has 2 heteroatoms. The van der Waals surface area contributed by atoms with Gasteiger partial charge in [-0.05, 0) is 27.8 Å². The van der Waals surface area contributed by atoms with Crippen molar-refractivity contribution in [3.63, 3.8) is 0 Å². The van der Waals surface area contributed by atoms with Gasteiger partial charge in [-0.15, -0.1) is 0 Å². The summed E-state index contributed by atoms with van der Waals surface area (Å²) in [5, 5.41) is 3.17. The molecule has 56 valence electrons. The molecule has 0 saturated carbocycles. The number of methoxy groups -OCH3 is 1. The van der Waals surface area contributed by atoms with Gasteiger partial charge in [0.1, 0.15) is 0 Å². The van der Waals surface area contributed by atoms with Gasteiger partial charge < -0.3 is 10.1 Å². The Morgan fingerprint density at radius 2 is 1.89 bits per heavy atom. The fourth-order valence-corrected chi connectivity index (χ4v) is 0.498. The molecule has 0 aliphatic rings. The predicted octanol–water partition coefficient (Wildman–Crippen LogP) is 1.02. The average Bonchev–Trinajstić information content (AvgIpc) is 1.86. The fourth-order valence-electron chi connectivity index (χ4n) is 0.498. The van der Waals surface area contributed by atoms with E-state index < -0.39 is 0 Å². The van der Waals surface area contributed by atoms with Gasteiger partial charge in [-0.1, -0.05) is 0 Å². The zero-order valence-electron chi connectivity index (χ0n) is 6.99. The molecule has 0 heterocycles. The van der Waals surface area contributed by atoms with Gasteiger partial charge >= 0.3 is 0 Å². The molecule has 2 nitrogen and oxygen atoms in total. The summed E-state index contributed by atoms with van der Waals surface area (Å²) >= 11 is 0. The van der Waals surface area contributed by atoms with Crippen molar-refractivity contribution in [1.29, 1.82) is 0 Å². The Bertz CT molecular complexity index is 81.0. The first kappa shape index (κ1) is 8.92. The standard InChI is InChI=1S/C7H17NO/c1-6(9-5)7(2,3)8-4/h6,8H,1-5H3. The lowest BCUT2D eigenvalue weighted by Crippen LogP contribution is -2.46. The van der Waals surface area contributed by atoms with E-state index in [2.05, 4.69) is 26.1 Å². The SMILES string of the molecule is CNC(C)(C)C(C)OC. The summed E-state index contributed by atoms with van der Waals surface area (Å²) in [5.41, 5.74) is 0.0781. The Morgan fingerprint density at radius 3 is 2.00 bits per heavy atom. The Labute approximate surface area is 57.6 Å². The highest BCUT2D eigenvalue weighted by Crippen LogP contribution is 2.09. The quantitative estimate of drug-likeness (QED) is 0.617. The van der Waals surface area contributed by atoms with E-state index in [9.17, 15) is 0 Å². The van der Waals surface area contributed by atoms with Crippen LogP contribution in [0.3, 0.4) is 0 Å². The van der Waals surface area contributed by atoms with E-state index in [-0.39, 0.29) is 11.6 Å². The van der Waals surface area contributed by atoms with Crippen LogP contribution in [0.15, 0.2) is 0 Å². The van der Waals surface area contributed by atoms with E-state index in [1.54, 1.807) is 7.11 Å². The van der Waals surface area contributed by atoms with Crippen molar-refractivity contribution < 1.29 is 4.74 Å². The second-order valence-electron chi connectivity index (χ2n) is 2.85. The van der Waals surface area contributed by atoms with Gasteiger partial charge in [-0.2, -0.15) is 0 Å². The maximum absolute atomic E-state index is 5.14. The topological polar surface area (TPSA) is 21.3 Å². The normalized spacial score (nSPS) is 15.7. The maximum Gasteiger partial charge on any atom is 0.0719 e. The number of rotatable bonds is 3. The van der Waals surface area contributed by atoms with Crippen molar-refractivity contribution in [2.75, 3.05) is 14.2 Å². The fraction of sp³-hybridized carbons (Fsp3) is 1.00. The molecule has 0 aromatic heterocycles. The molecule has 0 amide bonds. The molecule has 1 N–H and O–H groups in total. The molecular formula is C7H17NO. The molecule has 0 rings (SSSR count). The highest BCUT2D eigenvalue weighted by Gasteiger charge is 2.22. The molecule has 0 saturated heterocycles. The second kappa shape index (κ2) is 3.18. The summed E-state index contributed by atoms with van der Waals surface area (Å²) in [6.45, 7) is 6.28. The first-order chi connectivity index (χ1) is 4.04. The van der Waals surface area contributed by atoms with Crippen molar-refractivity contribution >= 4 is 0 Å². The van der Waals surface area contributed by atoms with Crippen LogP contribution in [-0.2, 0) is 4.74 Å². The van der Waals surface area contributed by atoms with Gasteiger partial charge in [0.2, 0.25) is 0 Å². The van der Waals surface area contributed by atoms with Crippen molar-refractivity contribution in [3.05, 3.63) is 0 Å². The number of hydrogen-bond donors (Lipinski definition) is 1. The van der Waals surface area contributed by atoms with E-state index in [0.29, 0.717) is 0 Å². The molecule has 0 bridgehead atoms. The summed E-state index contributed by atoms with van der Waals surface area (Å²) < 4.78 is 5.14. The minimum Gasteiger partial charge on any atom is -0.380 e. The summed E-state index contributed by atoms with van der Waals surface area (Å²) in [5.74, 6) is 0. The first-order valence-corrected chi connectivity index (χ1v) is 3.26. The van der Waals surface area contributed by atoms with Gasteiger partial charge in [-0.25, -0.2) is 0 Å². The van der Waals surface area contributed by atoms with Crippen molar-refractivity contribution in [2.24, 2.45) is 0 Å². The van der Waals surface area contributed by atoms with Crippen LogP contribution in [0.4, 0.5) is 0 Å². The molecule has 0 fully saturated rings. The Balaban J connectivity index is 3.80. The summed E-state index contributed by atoms with van der Waals surface area (Å²) in [6, 6.07) is 0. The number of ether oxygens (including phenoxy) is 1. The average molecular weight is 131 g/mol. The van der Waals surface area contributed by atoms with Crippen molar-refractivity contribution in [2.45, 2.75) is 32.4 Å². The third-order valence-corrected chi connectivity index (χ3v) is 2.01. The minimum atomic E-state index is 0.0781. The largest absolute Gasteiger partial charge is 0.380 e. The minimum absolute atomic E-state index is 0.0781. The van der Waals surface area contributed by atoms with Crippen LogP contribution in [0.25, 0.3) is 0 Å². The molecular weight excluding hydrogens is 114 g/mol. The van der Waals surface area contributed by atoms with E-state index >= 15 is 0 Å². The molecule has 0 aliphatic heterocycles. The molecule has 0 radical (unpaired) electrons.